The zero-order valence-electron chi connectivity index (χ0n) is 16.7. The first-order valence-electron chi connectivity index (χ1n) is 9.10. The molecule has 0 fully saturated rings. The van der Waals surface area contributed by atoms with Gasteiger partial charge in [-0.15, -0.1) is 0 Å². The molecular weight excluding hydrogens is 358 g/mol. The minimum absolute atomic E-state index is 0.171. The fraction of sp³-hybridized carbons (Fsp3) is 0.364. The van der Waals surface area contributed by atoms with Crippen LogP contribution in [-0.2, 0) is 22.6 Å². The number of rotatable bonds is 7. The standard InChI is InChI=1S/C22H27NO5/c1-22(2,3)28-21(26)23(4)19(20(24)25)14-16-10-12-18(13-11-16)27-15-17-8-6-5-7-9-17/h5-13,19H,14-15H2,1-4H3,(H,24,25). The Hall–Kier alpha value is -3.02. The monoisotopic (exact) mass is 385 g/mol. The Kier molecular flexibility index (Phi) is 7.04. The third-order valence-electron chi connectivity index (χ3n) is 4.03. The van der Waals surface area contributed by atoms with Gasteiger partial charge in [-0.2, -0.15) is 0 Å². The first-order chi connectivity index (χ1) is 13.2. The summed E-state index contributed by atoms with van der Waals surface area (Å²) in [5.74, 6) is -0.391. The lowest BCUT2D eigenvalue weighted by atomic mass is 10.1. The number of hydrogen-bond acceptors (Lipinski definition) is 4. The average Bonchev–Trinajstić information content (AvgIpc) is 2.64. The minimum Gasteiger partial charge on any atom is -0.489 e. The molecule has 6 heteroatoms. The van der Waals surface area contributed by atoms with Gasteiger partial charge in [-0.25, -0.2) is 9.59 Å². The van der Waals surface area contributed by atoms with Gasteiger partial charge in [0.25, 0.3) is 0 Å². The van der Waals surface area contributed by atoms with Gasteiger partial charge < -0.3 is 14.6 Å². The van der Waals surface area contributed by atoms with Gasteiger partial charge >= 0.3 is 12.1 Å². The van der Waals surface area contributed by atoms with Gasteiger partial charge in [0.05, 0.1) is 0 Å². The molecule has 2 rings (SSSR count). The summed E-state index contributed by atoms with van der Waals surface area (Å²) in [6.07, 6.45) is -0.493. The highest BCUT2D eigenvalue weighted by molar-refractivity contribution is 5.80. The number of hydrogen-bond donors (Lipinski definition) is 1. The molecule has 2 aromatic rings. The number of aliphatic carboxylic acids is 1. The molecule has 0 radical (unpaired) electrons. The lowest BCUT2D eigenvalue weighted by molar-refractivity contribution is -0.142. The summed E-state index contributed by atoms with van der Waals surface area (Å²) >= 11 is 0. The summed E-state index contributed by atoms with van der Waals surface area (Å²) in [6.45, 7) is 5.67. The van der Waals surface area contributed by atoms with Crippen LogP contribution in [-0.4, -0.2) is 40.8 Å². The van der Waals surface area contributed by atoms with Crippen molar-refractivity contribution in [3.05, 3.63) is 65.7 Å². The number of nitrogens with zero attached hydrogens (tertiary/aromatic N) is 1. The van der Waals surface area contributed by atoms with E-state index >= 15 is 0 Å². The first kappa shape index (κ1) is 21.3. The number of carboxylic acids is 1. The molecule has 0 aliphatic heterocycles. The van der Waals surface area contributed by atoms with Gasteiger partial charge in [0.1, 0.15) is 24.0 Å². The van der Waals surface area contributed by atoms with Crippen LogP contribution >= 0.6 is 0 Å². The second-order valence-corrected chi connectivity index (χ2v) is 7.57. The van der Waals surface area contributed by atoms with E-state index < -0.39 is 23.7 Å². The lowest BCUT2D eigenvalue weighted by Crippen LogP contribution is -2.46. The fourth-order valence-corrected chi connectivity index (χ4v) is 2.54. The topological polar surface area (TPSA) is 76.1 Å². The van der Waals surface area contributed by atoms with E-state index in [2.05, 4.69) is 0 Å². The number of carbonyl (C=O) groups is 2. The average molecular weight is 385 g/mol. The number of likely N-dealkylation sites (N-methyl/N-ethyl adjacent to an activating group) is 1. The number of ether oxygens (including phenoxy) is 2. The van der Waals surface area contributed by atoms with E-state index in [1.54, 1.807) is 45.0 Å². The van der Waals surface area contributed by atoms with E-state index in [0.29, 0.717) is 12.4 Å². The highest BCUT2D eigenvalue weighted by atomic mass is 16.6. The highest BCUT2D eigenvalue weighted by Gasteiger charge is 2.30. The molecule has 6 nitrogen and oxygen atoms in total. The van der Waals surface area contributed by atoms with Crippen LogP contribution in [0.2, 0.25) is 0 Å². The Bertz CT molecular complexity index is 781. The molecule has 28 heavy (non-hydrogen) atoms. The Morgan fingerprint density at radius 2 is 1.61 bits per heavy atom. The summed E-state index contributed by atoms with van der Waals surface area (Å²) in [6, 6.07) is 16.0. The number of carbonyl (C=O) groups excluding carboxylic acids is 1. The highest BCUT2D eigenvalue weighted by Crippen LogP contribution is 2.18. The molecule has 0 saturated carbocycles. The SMILES string of the molecule is CN(C(=O)OC(C)(C)C)C(Cc1ccc(OCc2ccccc2)cc1)C(=O)O. The first-order valence-corrected chi connectivity index (χ1v) is 9.10. The van der Waals surface area contributed by atoms with Gasteiger partial charge in [-0.3, -0.25) is 4.90 Å². The van der Waals surface area contributed by atoms with Crippen LogP contribution < -0.4 is 4.74 Å². The van der Waals surface area contributed by atoms with Crippen molar-refractivity contribution in [2.75, 3.05) is 7.05 Å². The molecule has 0 saturated heterocycles. The number of amides is 1. The molecule has 1 N–H and O–H groups in total. The maximum Gasteiger partial charge on any atom is 0.410 e. The van der Waals surface area contributed by atoms with Crippen LogP contribution in [0.3, 0.4) is 0 Å². The molecule has 2 aromatic carbocycles. The van der Waals surface area contributed by atoms with Crippen molar-refractivity contribution in [2.45, 2.75) is 45.4 Å². The molecule has 0 spiro atoms. The molecule has 1 amide bonds. The summed E-state index contributed by atoms with van der Waals surface area (Å²) in [7, 11) is 1.43. The number of benzene rings is 2. The zero-order chi connectivity index (χ0) is 20.7. The molecule has 0 aliphatic rings. The third-order valence-corrected chi connectivity index (χ3v) is 4.03. The van der Waals surface area contributed by atoms with Crippen LogP contribution in [0.25, 0.3) is 0 Å². The summed E-state index contributed by atoms with van der Waals surface area (Å²) in [5, 5.41) is 9.54. The Morgan fingerprint density at radius 3 is 2.14 bits per heavy atom. The summed E-state index contributed by atoms with van der Waals surface area (Å²) in [4.78, 5) is 25.0. The van der Waals surface area contributed by atoms with Gasteiger partial charge in [0, 0.05) is 13.5 Å². The normalized spacial score (nSPS) is 12.1. The molecular formula is C22H27NO5. The van der Waals surface area contributed by atoms with Gasteiger partial charge in [-0.05, 0) is 44.0 Å². The quantitative estimate of drug-likeness (QED) is 0.776. The third kappa shape index (κ3) is 6.61. The minimum atomic E-state index is -1.09. The predicted molar refractivity (Wildman–Crippen MR) is 106 cm³/mol. The molecule has 1 atom stereocenters. The van der Waals surface area contributed by atoms with Crippen LogP contribution in [0.5, 0.6) is 5.75 Å². The molecule has 0 heterocycles. The maximum absolute atomic E-state index is 12.2. The van der Waals surface area contributed by atoms with Crippen molar-refractivity contribution in [1.29, 1.82) is 0 Å². The number of carboxylic acid groups (broad SMARTS) is 1. The van der Waals surface area contributed by atoms with Crippen molar-refractivity contribution in [3.63, 3.8) is 0 Å². The van der Waals surface area contributed by atoms with E-state index in [-0.39, 0.29) is 6.42 Å². The molecule has 0 aromatic heterocycles. The van der Waals surface area contributed by atoms with Crippen LogP contribution in [0.4, 0.5) is 4.79 Å². The van der Waals surface area contributed by atoms with Crippen LogP contribution in [0.1, 0.15) is 31.9 Å². The van der Waals surface area contributed by atoms with Crippen LogP contribution in [0, 0.1) is 0 Å². The Balaban J connectivity index is 1.99. The van der Waals surface area contributed by atoms with Crippen molar-refractivity contribution in [2.24, 2.45) is 0 Å². The fourth-order valence-electron chi connectivity index (χ4n) is 2.54. The van der Waals surface area contributed by atoms with E-state index in [4.69, 9.17) is 9.47 Å². The lowest BCUT2D eigenvalue weighted by Gasteiger charge is -2.28. The van der Waals surface area contributed by atoms with E-state index in [1.165, 1.54) is 7.05 Å². The Labute approximate surface area is 165 Å². The second kappa shape index (κ2) is 9.26. The van der Waals surface area contributed by atoms with Gasteiger partial charge in [0.15, 0.2) is 0 Å². The van der Waals surface area contributed by atoms with E-state index in [9.17, 15) is 14.7 Å². The van der Waals surface area contributed by atoms with E-state index in [0.717, 1.165) is 16.0 Å². The predicted octanol–water partition coefficient (Wildman–Crippen LogP) is 4.13. The zero-order valence-corrected chi connectivity index (χ0v) is 16.7. The maximum atomic E-state index is 12.2. The molecule has 0 bridgehead atoms. The van der Waals surface area contributed by atoms with Crippen molar-refractivity contribution in [3.8, 4) is 5.75 Å². The van der Waals surface area contributed by atoms with E-state index in [1.807, 2.05) is 30.3 Å². The second-order valence-electron chi connectivity index (χ2n) is 7.57. The molecule has 0 aliphatic carbocycles. The smallest absolute Gasteiger partial charge is 0.410 e. The van der Waals surface area contributed by atoms with Crippen molar-refractivity contribution >= 4 is 12.1 Å². The van der Waals surface area contributed by atoms with Crippen molar-refractivity contribution < 1.29 is 24.2 Å². The van der Waals surface area contributed by atoms with Gasteiger partial charge in [-0.1, -0.05) is 42.5 Å². The van der Waals surface area contributed by atoms with Crippen molar-refractivity contribution in [1.82, 2.24) is 4.90 Å². The summed E-state index contributed by atoms with van der Waals surface area (Å²) < 4.78 is 11.0. The molecule has 150 valence electrons. The van der Waals surface area contributed by atoms with Crippen LogP contribution in [0.15, 0.2) is 54.6 Å². The Morgan fingerprint density at radius 1 is 1.00 bits per heavy atom. The largest absolute Gasteiger partial charge is 0.489 e. The molecule has 1 unspecified atom stereocenters. The summed E-state index contributed by atoms with van der Waals surface area (Å²) in [5.41, 5.74) is 1.16. The van der Waals surface area contributed by atoms with Gasteiger partial charge in [0.2, 0.25) is 0 Å².